The van der Waals surface area contributed by atoms with Crippen molar-refractivity contribution in [3.05, 3.63) is 54.0 Å². The molecule has 0 saturated heterocycles. The maximum absolute atomic E-state index is 11.6. The first kappa shape index (κ1) is 12.4. The average molecular weight is 244 g/mol. The molecule has 0 saturated carbocycles. The van der Waals surface area contributed by atoms with Crippen molar-refractivity contribution in [1.29, 1.82) is 0 Å². The number of carbonyl (C=O) groups is 1. The van der Waals surface area contributed by atoms with Crippen LogP contribution >= 0.6 is 0 Å². The fourth-order valence-electron chi connectivity index (χ4n) is 1.61. The largest absolute Gasteiger partial charge is 0.485 e. The number of hydrogen-bond donors (Lipinski definition) is 0. The summed E-state index contributed by atoms with van der Waals surface area (Å²) in [4.78, 5) is 11.6. The zero-order valence-electron chi connectivity index (χ0n) is 10.6. The van der Waals surface area contributed by atoms with Gasteiger partial charge in [-0.15, -0.1) is 0 Å². The Bertz CT molecular complexity index is 495. The van der Waals surface area contributed by atoms with Gasteiger partial charge in [0.25, 0.3) is 0 Å². The van der Waals surface area contributed by atoms with Crippen LogP contribution in [0.2, 0.25) is 0 Å². The number of ketones is 1. The monoisotopic (exact) mass is 244 g/mol. The predicted molar refractivity (Wildman–Crippen MR) is 69.1 cm³/mol. The molecule has 1 heterocycles. The molecule has 3 nitrogen and oxygen atoms in total. The highest BCUT2D eigenvalue weighted by Gasteiger charge is 2.09. The van der Waals surface area contributed by atoms with E-state index in [0.29, 0.717) is 17.4 Å². The van der Waals surface area contributed by atoms with E-state index in [1.54, 1.807) is 12.1 Å². The summed E-state index contributed by atoms with van der Waals surface area (Å²) in [5.41, 5.74) is 1.25. The first-order valence-corrected chi connectivity index (χ1v) is 5.96. The van der Waals surface area contributed by atoms with Crippen LogP contribution in [0, 0.1) is 0 Å². The molecule has 0 bridgehead atoms. The molecule has 0 amide bonds. The topological polar surface area (TPSA) is 39.4 Å². The van der Waals surface area contributed by atoms with Gasteiger partial charge in [-0.2, -0.15) is 0 Å². The summed E-state index contributed by atoms with van der Waals surface area (Å²) >= 11 is 0. The Kier molecular flexibility index (Phi) is 3.82. The second-order valence-electron chi connectivity index (χ2n) is 4.41. The summed E-state index contributed by atoms with van der Waals surface area (Å²) < 4.78 is 10.4. The molecule has 0 spiro atoms. The highest BCUT2D eigenvalue weighted by Crippen LogP contribution is 2.18. The number of rotatable bonds is 5. The molecule has 3 heteroatoms. The number of ether oxygens (including phenoxy) is 1. The van der Waals surface area contributed by atoms with Crippen LogP contribution in [0.4, 0.5) is 0 Å². The van der Waals surface area contributed by atoms with E-state index in [0.717, 1.165) is 0 Å². The molecule has 0 unspecified atom stereocenters. The van der Waals surface area contributed by atoms with Crippen LogP contribution < -0.4 is 4.74 Å². The lowest BCUT2D eigenvalue weighted by Gasteiger charge is -2.07. The lowest BCUT2D eigenvalue weighted by Crippen LogP contribution is -2.10. The molecule has 2 aromatic rings. The predicted octanol–water partition coefficient (Wildman–Crippen LogP) is 3.66. The Morgan fingerprint density at radius 2 is 1.94 bits per heavy atom. The second-order valence-corrected chi connectivity index (χ2v) is 4.41. The standard InChI is InChI=1S/C15H16O3/c1-11(2)12-5-7-13(8-6-12)18-10-14(16)15-4-3-9-17-15/h3-9,11H,10H2,1-2H3. The molecule has 0 atom stereocenters. The van der Waals surface area contributed by atoms with Crippen molar-refractivity contribution < 1.29 is 13.9 Å². The third kappa shape index (κ3) is 3.00. The van der Waals surface area contributed by atoms with E-state index in [9.17, 15) is 4.79 Å². The van der Waals surface area contributed by atoms with Gasteiger partial charge in [0.2, 0.25) is 5.78 Å². The smallest absolute Gasteiger partial charge is 0.235 e. The first-order valence-electron chi connectivity index (χ1n) is 5.96. The molecule has 0 aliphatic heterocycles. The van der Waals surface area contributed by atoms with Crippen molar-refractivity contribution in [2.45, 2.75) is 19.8 Å². The minimum Gasteiger partial charge on any atom is -0.485 e. The van der Waals surface area contributed by atoms with Gasteiger partial charge in [0.05, 0.1) is 6.26 Å². The molecule has 94 valence electrons. The summed E-state index contributed by atoms with van der Waals surface area (Å²) in [6.07, 6.45) is 1.48. The van der Waals surface area contributed by atoms with Crippen LogP contribution in [0.5, 0.6) is 5.75 Å². The maximum atomic E-state index is 11.6. The van der Waals surface area contributed by atoms with E-state index in [4.69, 9.17) is 9.15 Å². The van der Waals surface area contributed by atoms with Crippen molar-refractivity contribution in [2.75, 3.05) is 6.61 Å². The summed E-state index contributed by atoms with van der Waals surface area (Å²) in [6.45, 7) is 4.27. The molecule has 0 fully saturated rings. The number of Topliss-reactive ketones (excluding diaryl/α,β-unsaturated/α-hetero) is 1. The second kappa shape index (κ2) is 5.54. The first-order chi connectivity index (χ1) is 8.66. The van der Waals surface area contributed by atoms with Crippen LogP contribution in [0.25, 0.3) is 0 Å². The Morgan fingerprint density at radius 3 is 2.50 bits per heavy atom. The van der Waals surface area contributed by atoms with Crippen molar-refractivity contribution in [2.24, 2.45) is 0 Å². The fraction of sp³-hybridized carbons (Fsp3) is 0.267. The third-order valence-corrected chi connectivity index (χ3v) is 2.71. The van der Waals surface area contributed by atoms with Crippen LogP contribution in [0.1, 0.15) is 35.9 Å². The summed E-state index contributed by atoms with van der Waals surface area (Å²) in [5.74, 6) is 1.35. The summed E-state index contributed by atoms with van der Waals surface area (Å²) in [5, 5.41) is 0. The molecule has 1 aromatic heterocycles. The van der Waals surface area contributed by atoms with Crippen molar-refractivity contribution in [1.82, 2.24) is 0 Å². The van der Waals surface area contributed by atoms with E-state index in [-0.39, 0.29) is 12.4 Å². The number of hydrogen-bond acceptors (Lipinski definition) is 3. The normalized spacial score (nSPS) is 10.6. The van der Waals surface area contributed by atoms with E-state index in [2.05, 4.69) is 13.8 Å². The van der Waals surface area contributed by atoms with Gasteiger partial charge in [-0.25, -0.2) is 0 Å². The highest BCUT2D eigenvalue weighted by molar-refractivity contribution is 5.94. The quantitative estimate of drug-likeness (QED) is 0.753. The molecule has 0 aliphatic rings. The highest BCUT2D eigenvalue weighted by atomic mass is 16.5. The summed E-state index contributed by atoms with van der Waals surface area (Å²) in [7, 11) is 0. The van der Waals surface area contributed by atoms with E-state index in [1.807, 2.05) is 24.3 Å². The molecular formula is C15H16O3. The minimum atomic E-state index is -0.159. The maximum Gasteiger partial charge on any atom is 0.235 e. The number of benzene rings is 1. The molecule has 1 aromatic carbocycles. The van der Waals surface area contributed by atoms with Gasteiger partial charge in [0.1, 0.15) is 5.75 Å². The Balaban J connectivity index is 1.92. The van der Waals surface area contributed by atoms with E-state index in [1.165, 1.54) is 11.8 Å². The number of furan rings is 1. The third-order valence-electron chi connectivity index (χ3n) is 2.71. The average Bonchev–Trinajstić information content (AvgIpc) is 2.90. The van der Waals surface area contributed by atoms with Crippen LogP contribution in [0.3, 0.4) is 0 Å². The summed E-state index contributed by atoms with van der Waals surface area (Å²) in [6, 6.07) is 11.1. The van der Waals surface area contributed by atoms with E-state index < -0.39 is 0 Å². The molecule has 0 radical (unpaired) electrons. The van der Waals surface area contributed by atoms with Gasteiger partial charge in [-0.3, -0.25) is 4.79 Å². The minimum absolute atomic E-state index is 0.00542. The molecule has 2 rings (SSSR count). The van der Waals surface area contributed by atoms with E-state index >= 15 is 0 Å². The van der Waals surface area contributed by atoms with Crippen LogP contribution in [-0.2, 0) is 0 Å². The van der Waals surface area contributed by atoms with Gasteiger partial charge in [-0.1, -0.05) is 26.0 Å². The Morgan fingerprint density at radius 1 is 1.22 bits per heavy atom. The van der Waals surface area contributed by atoms with Gasteiger partial charge >= 0.3 is 0 Å². The number of carbonyl (C=O) groups excluding carboxylic acids is 1. The SMILES string of the molecule is CC(C)c1ccc(OCC(=O)c2ccco2)cc1. The van der Waals surface area contributed by atoms with Gasteiger partial charge in [-0.05, 0) is 35.7 Å². The van der Waals surface area contributed by atoms with Gasteiger partial charge in [0.15, 0.2) is 12.4 Å². The van der Waals surface area contributed by atoms with Crippen molar-refractivity contribution in [3.8, 4) is 5.75 Å². The molecular weight excluding hydrogens is 228 g/mol. The van der Waals surface area contributed by atoms with Crippen LogP contribution in [0.15, 0.2) is 47.1 Å². The zero-order valence-corrected chi connectivity index (χ0v) is 10.6. The molecule has 18 heavy (non-hydrogen) atoms. The Hall–Kier alpha value is -2.03. The van der Waals surface area contributed by atoms with Gasteiger partial charge < -0.3 is 9.15 Å². The lowest BCUT2D eigenvalue weighted by atomic mass is 10.0. The lowest BCUT2D eigenvalue weighted by molar-refractivity contribution is 0.0894. The fourth-order valence-corrected chi connectivity index (χ4v) is 1.61. The van der Waals surface area contributed by atoms with Crippen LogP contribution in [-0.4, -0.2) is 12.4 Å². The molecule has 0 N–H and O–H groups in total. The zero-order chi connectivity index (χ0) is 13.0. The van der Waals surface area contributed by atoms with Crippen molar-refractivity contribution >= 4 is 5.78 Å². The Labute approximate surface area is 106 Å². The van der Waals surface area contributed by atoms with Gasteiger partial charge in [0, 0.05) is 0 Å². The molecule has 0 aliphatic carbocycles. The van der Waals surface area contributed by atoms with Crippen molar-refractivity contribution in [3.63, 3.8) is 0 Å².